The summed E-state index contributed by atoms with van der Waals surface area (Å²) in [5, 5.41) is 12.3. The summed E-state index contributed by atoms with van der Waals surface area (Å²) < 4.78 is 112. The number of esters is 2. The van der Waals surface area contributed by atoms with E-state index in [0.717, 1.165) is 83.7 Å². The minimum absolute atomic E-state index is 0. The zero-order valence-electron chi connectivity index (χ0n) is 50.4. The lowest BCUT2D eigenvalue weighted by atomic mass is 10.00. The van der Waals surface area contributed by atoms with Gasteiger partial charge in [-0.3, -0.25) is 24.2 Å². The van der Waals surface area contributed by atoms with Crippen molar-refractivity contribution < 1.29 is 88.6 Å². The van der Waals surface area contributed by atoms with E-state index in [2.05, 4.69) is 10.1 Å². The summed E-state index contributed by atoms with van der Waals surface area (Å²) in [4.78, 5) is 75.9. The SMILES string of the molecule is C.COC(=O)C[C@H](C(=O)N1CCc2c1ccc(OCc1ccc(C3CC3)c(C(F)(F)F)c1)c2C)N(C)C(=O)OC(C)(C)C.COC(=O)C[C@H](C(=O)O)N(C)C(=O)OC(C)(C)C.Cc1c(OCc2ccc(C3CC3)c(C(F)(F)F)c2)ccc2c1CCN2.Cl. The second-order valence-electron chi connectivity index (χ2n) is 23.4. The Bertz CT molecular complexity index is 3120. The molecule has 4 aliphatic rings. The van der Waals surface area contributed by atoms with E-state index in [1.807, 2.05) is 26.0 Å². The number of hydrogen-bond donors (Lipinski definition) is 2. The van der Waals surface area contributed by atoms with Crippen molar-refractivity contribution in [2.45, 2.75) is 175 Å². The number of fused-ring (bicyclic) bond motifs is 2. The van der Waals surface area contributed by atoms with Crippen LogP contribution in [0.5, 0.6) is 11.5 Å². The maximum absolute atomic E-state index is 13.7. The topological polar surface area (TPSA) is 200 Å². The Kier molecular flexibility index (Phi) is 24.4. The van der Waals surface area contributed by atoms with Gasteiger partial charge < -0.3 is 43.7 Å². The van der Waals surface area contributed by atoms with Gasteiger partial charge in [0.2, 0.25) is 0 Å². The molecule has 2 fully saturated rings. The lowest BCUT2D eigenvalue weighted by Gasteiger charge is -2.32. The normalized spacial score (nSPS) is 14.9. The number of carbonyl (C=O) groups excluding carboxylic acids is 5. The molecule has 2 aliphatic carbocycles. The molecule has 480 valence electrons. The predicted molar refractivity (Wildman–Crippen MR) is 317 cm³/mol. The number of methoxy groups -OCH3 is 2. The highest BCUT2D eigenvalue weighted by Crippen LogP contribution is 2.48. The largest absolute Gasteiger partial charge is 0.489 e. The van der Waals surface area contributed by atoms with Crippen molar-refractivity contribution in [2.75, 3.05) is 51.6 Å². The van der Waals surface area contributed by atoms with Gasteiger partial charge in [0.05, 0.1) is 38.2 Å². The third-order valence-electron chi connectivity index (χ3n) is 14.6. The van der Waals surface area contributed by atoms with Crippen LogP contribution in [0.3, 0.4) is 0 Å². The summed E-state index contributed by atoms with van der Waals surface area (Å²) in [6.45, 7) is 15.2. The van der Waals surface area contributed by atoms with Gasteiger partial charge in [0.25, 0.3) is 5.91 Å². The van der Waals surface area contributed by atoms with Crippen LogP contribution in [0.15, 0.2) is 60.7 Å². The summed E-state index contributed by atoms with van der Waals surface area (Å²) in [6.07, 6.45) is -6.39. The second-order valence-corrected chi connectivity index (χ2v) is 23.4. The standard InChI is InChI=1S/C31H37F3N2O6.C20H20F3NO.C11H19NO6.CH4.ClH/c1-18-21-13-14-36(28(38)25(16-27(37)40-6)35(5)29(39)42-30(2,3)4)24(21)11-12-26(18)41-17-19-7-10-22(20-8-9-20)23(15-19)31(32,33)34;1-12-15-8-9-24-18(15)6-7-19(12)25-11-13-2-5-16(14-3-4-14)17(10-13)20(21,22)23;1-11(2,3)18-10(16)12(4)7(9(14)15)6-8(13)17-5;;/h7,10-12,15,20,25H,8-9,13-14,16-17H2,1-6H3;2,5-7,10,14,24H,3-4,8-9,11H2,1H3;7H,6H2,1-5H3,(H,14,15);1H4;1H/t25-;;7-;;/m1.1../s1. The Morgan fingerprint density at radius 2 is 1.06 bits per heavy atom. The van der Waals surface area contributed by atoms with Crippen molar-refractivity contribution in [1.82, 2.24) is 9.80 Å². The van der Waals surface area contributed by atoms with Crippen LogP contribution in [0, 0.1) is 13.8 Å². The highest BCUT2D eigenvalue weighted by molar-refractivity contribution is 6.02. The number of rotatable bonds is 16. The Labute approximate surface area is 510 Å². The molecule has 2 heterocycles. The fourth-order valence-electron chi connectivity index (χ4n) is 9.79. The van der Waals surface area contributed by atoms with Crippen LogP contribution in [0.1, 0.15) is 155 Å². The summed E-state index contributed by atoms with van der Waals surface area (Å²) in [6, 6.07) is 13.8. The van der Waals surface area contributed by atoms with Crippen molar-refractivity contribution in [2.24, 2.45) is 0 Å². The molecule has 4 aromatic carbocycles. The number of ether oxygens (including phenoxy) is 6. The van der Waals surface area contributed by atoms with Crippen LogP contribution in [-0.2, 0) is 76.5 Å². The molecule has 17 nitrogen and oxygen atoms in total. The third kappa shape index (κ3) is 19.5. The number of carboxylic acid groups (broad SMARTS) is 1. The van der Waals surface area contributed by atoms with Gasteiger partial charge in [-0.05, 0) is 187 Å². The van der Waals surface area contributed by atoms with E-state index in [4.69, 9.17) is 28.8 Å². The quantitative estimate of drug-likeness (QED) is 0.0610. The second kappa shape index (κ2) is 29.5. The Hall–Kier alpha value is -7.43. The van der Waals surface area contributed by atoms with E-state index < -0.39 is 89.2 Å². The number of likely N-dealkylation sites (N-methyl/N-ethyl adjacent to an activating group) is 2. The lowest BCUT2D eigenvalue weighted by Crippen LogP contribution is -2.51. The van der Waals surface area contributed by atoms with Crippen LogP contribution in [0.2, 0.25) is 0 Å². The van der Waals surface area contributed by atoms with Crippen LogP contribution >= 0.6 is 12.4 Å². The van der Waals surface area contributed by atoms with Gasteiger partial charge in [0.1, 0.15) is 48.0 Å². The minimum atomic E-state index is -4.43. The number of carboxylic acids is 1. The van der Waals surface area contributed by atoms with Gasteiger partial charge in [0, 0.05) is 38.6 Å². The molecule has 0 spiro atoms. The molecule has 3 amide bonds. The van der Waals surface area contributed by atoms with Gasteiger partial charge in [0.15, 0.2) is 0 Å². The van der Waals surface area contributed by atoms with Crippen LogP contribution in [0.25, 0.3) is 0 Å². The van der Waals surface area contributed by atoms with E-state index in [1.54, 1.807) is 77.9 Å². The van der Waals surface area contributed by atoms with Gasteiger partial charge in [-0.15, -0.1) is 12.4 Å². The first-order chi connectivity index (χ1) is 39.6. The molecular formula is C63H81ClF6N4O13. The Balaban J connectivity index is 0.000000306. The fraction of sp³-hybridized carbons (Fsp3) is 0.524. The molecule has 0 aromatic heterocycles. The molecule has 24 heteroatoms. The summed E-state index contributed by atoms with van der Waals surface area (Å²) in [5.74, 6) is -1.85. The van der Waals surface area contributed by atoms with Crippen molar-refractivity contribution in [3.8, 4) is 11.5 Å². The average Bonchev–Trinajstić information content (AvgIpc) is 1.88. The summed E-state index contributed by atoms with van der Waals surface area (Å²) in [5.41, 5.74) is 4.73. The zero-order valence-corrected chi connectivity index (χ0v) is 51.2. The molecule has 8 rings (SSSR count). The van der Waals surface area contributed by atoms with Gasteiger partial charge in [-0.25, -0.2) is 14.4 Å². The van der Waals surface area contributed by atoms with E-state index in [1.165, 1.54) is 43.8 Å². The number of benzene rings is 4. The molecule has 0 unspecified atom stereocenters. The number of halogens is 7. The monoisotopic (exact) mass is 1250 g/mol. The molecule has 2 saturated carbocycles. The summed E-state index contributed by atoms with van der Waals surface area (Å²) in [7, 11) is 5.02. The number of nitrogens with one attached hydrogen (secondary N) is 1. The highest BCUT2D eigenvalue weighted by Gasteiger charge is 2.41. The fourth-order valence-corrected chi connectivity index (χ4v) is 9.79. The van der Waals surface area contributed by atoms with E-state index >= 15 is 0 Å². The van der Waals surface area contributed by atoms with Crippen molar-refractivity contribution >= 4 is 59.8 Å². The van der Waals surface area contributed by atoms with E-state index in [9.17, 15) is 55.1 Å². The number of hydrogen-bond acceptors (Lipinski definition) is 13. The van der Waals surface area contributed by atoms with E-state index in [0.29, 0.717) is 46.7 Å². The number of anilines is 2. The molecular weight excluding hydrogens is 1170 g/mol. The predicted octanol–water partition coefficient (Wildman–Crippen LogP) is 13.5. The molecule has 0 bridgehead atoms. The zero-order chi connectivity index (χ0) is 63.1. The van der Waals surface area contributed by atoms with Crippen LogP contribution in [-0.4, -0.2) is 116 Å². The molecule has 2 atom stereocenters. The van der Waals surface area contributed by atoms with Crippen molar-refractivity contribution in [3.63, 3.8) is 0 Å². The first-order valence-corrected chi connectivity index (χ1v) is 27.9. The number of carbonyl (C=O) groups is 6. The first kappa shape index (κ1) is 72.0. The lowest BCUT2D eigenvalue weighted by molar-refractivity contribution is -0.150. The summed E-state index contributed by atoms with van der Waals surface area (Å²) >= 11 is 0. The van der Waals surface area contributed by atoms with Gasteiger partial charge in [-0.1, -0.05) is 31.7 Å². The highest BCUT2D eigenvalue weighted by atomic mass is 35.5. The number of alkyl halides is 6. The van der Waals surface area contributed by atoms with Crippen LogP contribution < -0.4 is 19.7 Å². The van der Waals surface area contributed by atoms with E-state index in [-0.39, 0.29) is 51.3 Å². The maximum atomic E-state index is 13.7. The number of aliphatic carboxylic acids is 1. The molecule has 4 aromatic rings. The van der Waals surface area contributed by atoms with Crippen molar-refractivity contribution in [3.05, 3.63) is 116 Å². The Morgan fingerprint density at radius 1 is 0.632 bits per heavy atom. The van der Waals surface area contributed by atoms with Gasteiger partial charge in [-0.2, -0.15) is 26.3 Å². The first-order valence-electron chi connectivity index (χ1n) is 27.9. The maximum Gasteiger partial charge on any atom is 0.416 e. The smallest absolute Gasteiger partial charge is 0.416 e. The Morgan fingerprint density at radius 3 is 1.47 bits per heavy atom. The number of amides is 3. The molecule has 0 saturated heterocycles. The molecule has 2 N–H and O–H groups in total. The van der Waals surface area contributed by atoms with Gasteiger partial charge >= 0.3 is 42.4 Å². The minimum Gasteiger partial charge on any atom is -0.489 e. The third-order valence-corrected chi connectivity index (χ3v) is 14.6. The molecule has 0 radical (unpaired) electrons. The molecule has 87 heavy (non-hydrogen) atoms. The van der Waals surface area contributed by atoms with Crippen molar-refractivity contribution in [1.29, 1.82) is 0 Å². The average molecular weight is 1250 g/mol. The van der Waals surface area contributed by atoms with Crippen LogP contribution in [0.4, 0.5) is 47.3 Å². The number of nitrogens with zero attached hydrogens (tertiary/aromatic N) is 3. The molecule has 2 aliphatic heterocycles.